The Morgan fingerprint density at radius 3 is 2.12 bits per heavy atom. The van der Waals surface area contributed by atoms with Gasteiger partial charge in [0.05, 0.1) is 0 Å². The summed E-state index contributed by atoms with van der Waals surface area (Å²) in [6, 6.07) is 0.0524. The minimum atomic E-state index is -0.484. The maximum Gasteiger partial charge on any atom is 0.410 e. The van der Waals surface area contributed by atoms with Crippen LogP contribution in [0.4, 0.5) is 4.79 Å². The highest BCUT2D eigenvalue weighted by atomic mass is 16.6. The average Bonchev–Trinajstić information content (AvgIpc) is 2.52. The first kappa shape index (κ1) is 20.1. The first-order chi connectivity index (χ1) is 11.6. The van der Waals surface area contributed by atoms with E-state index in [0.29, 0.717) is 31.5 Å². The number of ether oxygens (including phenoxy) is 1. The van der Waals surface area contributed by atoms with Gasteiger partial charge in [0.25, 0.3) is 0 Å². The largest absolute Gasteiger partial charge is 0.444 e. The van der Waals surface area contributed by atoms with Gasteiger partial charge in [-0.1, -0.05) is 13.8 Å². The van der Waals surface area contributed by atoms with E-state index in [1.165, 1.54) is 12.8 Å². The van der Waals surface area contributed by atoms with E-state index in [1.54, 1.807) is 4.90 Å². The zero-order valence-electron chi connectivity index (χ0n) is 16.9. The normalized spacial score (nSPS) is 28.2. The number of rotatable bonds is 2. The SMILES string of the molecule is CC(C)C1CCC(C(=O)N2CCN(C(=O)OC(C)(C)C)C[C@H]2C)CC1. The van der Waals surface area contributed by atoms with Gasteiger partial charge in [0.1, 0.15) is 5.60 Å². The van der Waals surface area contributed by atoms with E-state index in [9.17, 15) is 9.59 Å². The summed E-state index contributed by atoms with van der Waals surface area (Å²) < 4.78 is 5.46. The highest BCUT2D eigenvalue weighted by Crippen LogP contribution is 2.34. The van der Waals surface area contributed by atoms with Crippen molar-refractivity contribution in [1.29, 1.82) is 0 Å². The third kappa shape index (κ3) is 5.35. The Morgan fingerprint density at radius 2 is 1.64 bits per heavy atom. The molecule has 2 aliphatic rings. The van der Waals surface area contributed by atoms with E-state index in [-0.39, 0.29) is 18.1 Å². The quantitative estimate of drug-likeness (QED) is 0.757. The fraction of sp³-hybridized carbons (Fsp3) is 0.900. The fourth-order valence-corrected chi connectivity index (χ4v) is 4.04. The summed E-state index contributed by atoms with van der Waals surface area (Å²) in [6.45, 7) is 14.0. The molecule has 2 amide bonds. The molecule has 1 aliphatic carbocycles. The van der Waals surface area contributed by atoms with Gasteiger partial charge < -0.3 is 14.5 Å². The van der Waals surface area contributed by atoms with Crippen LogP contribution in [0, 0.1) is 17.8 Å². The number of hydrogen-bond acceptors (Lipinski definition) is 3. The molecule has 1 heterocycles. The van der Waals surface area contributed by atoms with E-state index in [1.807, 2.05) is 32.6 Å². The maximum absolute atomic E-state index is 12.9. The van der Waals surface area contributed by atoms with Gasteiger partial charge in [0.15, 0.2) is 0 Å². The Balaban J connectivity index is 1.87. The van der Waals surface area contributed by atoms with Crippen LogP contribution in [0.25, 0.3) is 0 Å². The maximum atomic E-state index is 12.9. The van der Waals surface area contributed by atoms with Gasteiger partial charge in [-0.25, -0.2) is 4.79 Å². The molecular weight excluding hydrogens is 316 g/mol. The molecule has 0 N–H and O–H groups in total. The Hall–Kier alpha value is -1.26. The Labute approximate surface area is 153 Å². The molecule has 25 heavy (non-hydrogen) atoms. The molecule has 0 radical (unpaired) electrons. The molecule has 5 nitrogen and oxygen atoms in total. The van der Waals surface area contributed by atoms with Crippen molar-refractivity contribution in [2.75, 3.05) is 19.6 Å². The molecule has 0 unspecified atom stereocenters. The summed E-state index contributed by atoms with van der Waals surface area (Å²) in [5.74, 6) is 1.95. The Bertz CT molecular complexity index is 476. The van der Waals surface area contributed by atoms with Gasteiger partial charge in [0, 0.05) is 31.6 Å². The van der Waals surface area contributed by atoms with E-state index in [4.69, 9.17) is 4.74 Å². The first-order valence-electron chi connectivity index (χ1n) is 9.87. The molecule has 0 bridgehead atoms. The zero-order valence-corrected chi connectivity index (χ0v) is 16.9. The lowest BCUT2D eigenvalue weighted by molar-refractivity contribution is -0.141. The number of carbonyl (C=O) groups excluding carboxylic acids is 2. The third-order valence-electron chi connectivity index (χ3n) is 5.63. The van der Waals surface area contributed by atoms with Crippen molar-refractivity contribution in [3.63, 3.8) is 0 Å². The first-order valence-corrected chi connectivity index (χ1v) is 9.87. The van der Waals surface area contributed by atoms with Crippen LogP contribution < -0.4 is 0 Å². The topological polar surface area (TPSA) is 49.9 Å². The molecule has 1 saturated heterocycles. The smallest absolute Gasteiger partial charge is 0.410 e. The molecule has 0 aromatic carbocycles. The van der Waals surface area contributed by atoms with Gasteiger partial charge >= 0.3 is 6.09 Å². The summed E-state index contributed by atoms with van der Waals surface area (Å²) in [6.07, 6.45) is 4.09. The van der Waals surface area contributed by atoms with Crippen LogP contribution >= 0.6 is 0 Å². The minimum absolute atomic E-state index is 0.0524. The summed E-state index contributed by atoms with van der Waals surface area (Å²) in [7, 11) is 0. The van der Waals surface area contributed by atoms with E-state index < -0.39 is 5.60 Å². The number of nitrogens with zero attached hydrogens (tertiary/aromatic N) is 2. The average molecular weight is 353 g/mol. The highest BCUT2D eigenvalue weighted by Gasteiger charge is 2.36. The molecular formula is C20H36N2O3. The highest BCUT2D eigenvalue weighted by molar-refractivity contribution is 5.79. The standard InChI is InChI=1S/C20H36N2O3/c1-14(2)16-7-9-17(10-8-16)18(23)22-12-11-21(13-15(22)3)19(24)25-20(4,5)6/h14-17H,7-13H2,1-6H3/t15-,16?,17?/m1/s1. The molecule has 1 atom stereocenters. The van der Waals surface area contributed by atoms with Crippen LogP contribution in [0.5, 0.6) is 0 Å². The lowest BCUT2D eigenvalue weighted by Crippen LogP contribution is -2.57. The van der Waals surface area contributed by atoms with Crippen LogP contribution in [-0.2, 0) is 9.53 Å². The molecule has 0 aromatic heterocycles. The third-order valence-corrected chi connectivity index (χ3v) is 5.63. The van der Waals surface area contributed by atoms with Crippen LogP contribution in [0.15, 0.2) is 0 Å². The molecule has 1 aliphatic heterocycles. The van der Waals surface area contributed by atoms with Gasteiger partial charge in [-0.15, -0.1) is 0 Å². The lowest BCUT2D eigenvalue weighted by Gasteiger charge is -2.42. The molecule has 0 aromatic rings. The van der Waals surface area contributed by atoms with Gasteiger partial charge in [0.2, 0.25) is 5.91 Å². The summed E-state index contributed by atoms with van der Waals surface area (Å²) >= 11 is 0. The van der Waals surface area contributed by atoms with Crippen LogP contribution in [0.2, 0.25) is 0 Å². The lowest BCUT2D eigenvalue weighted by atomic mass is 9.76. The van der Waals surface area contributed by atoms with Crippen molar-refractivity contribution in [3.8, 4) is 0 Å². The predicted octanol–water partition coefficient (Wildman–Crippen LogP) is 3.92. The van der Waals surface area contributed by atoms with Crippen molar-refractivity contribution < 1.29 is 14.3 Å². The van der Waals surface area contributed by atoms with Crippen LogP contribution in [0.1, 0.15) is 67.2 Å². The van der Waals surface area contributed by atoms with Crippen molar-refractivity contribution in [2.24, 2.45) is 17.8 Å². The number of hydrogen-bond donors (Lipinski definition) is 0. The van der Waals surface area contributed by atoms with E-state index in [2.05, 4.69) is 13.8 Å². The second kappa shape index (κ2) is 7.96. The number of carbonyl (C=O) groups is 2. The summed E-state index contributed by atoms with van der Waals surface area (Å²) in [4.78, 5) is 28.9. The molecule has 1 saturated carbocycles. The Morgan fingerprint density at radius 1 is 1.04 bits per heavy atom. The van der Waals surface area contributed by atoms with Crippen LogP contribution in [-0.4, -0.2) is 53.1 Å². The van der Waals surface area contributed by atoms with Crippen molar-refractivity contribution in [2.45, 2.75) is 78.9 Å². The summed E-state index contributed by atoms with van der Waals surface area (Å²) in [5.41, 5.74) is -0.484. The molecule has 0 spiro atoms. The zero-order chi connectivity index (χ0) is 18.8. The molecule has 2 fully saturated rings. The van der Waals surface area contributed by atoms with E-state index in [0.717, 1.165) is 18.8 Å². The van der Waals surface area contributed by atoms with Crippen molar-refractivity contribution >= 4 is 12.0 Å². The minimum Gasteiger partial charge on any atom is -0.444 e. The predicted molar refractivity (Wildman–Crippen MR) is 99.3 cm³/mol. The molecule has 5 heteroatoms. The van der Waals surface area contributed by atoms with Crippen molar-refractivity contribution in [3.05, 3.63) is 0 Å². The van der Waals surface area contributed by atoms with Gasteiger partial charge in [-0.2, -0.15) is 0 Å². The molecule has 2 rings (SSSR count). The monoisotopic (exact) mass is 352 g/mol. The van der Waals surface area contributed by atoms with E-state index >= 15 is 0 Å². The van der Waals surface area contributed by atoms with Crippen molar-refractivity contribution in [1.82, 2.24) is 9.80 Å². The van der Waals surface area contributed by atoms with Gasteiger partial charge in [-0.3, -0.25) is 4.79 Å². The summed E-state index contributed by atoms with van der Waals surface area (Å²) in [5, 5.41) is 0. The second-order valence-corrected chi connectivity index (χ2v) is 9.16. The van der Waals surface area contributed by atoms with Crippen LogP contribution in [0.3, 0.4) is 0 Å². The second-order valence-electron chi connectivity index (χ2n) is 9.16. The fourth-order valence-electron chi connectivity index (χ4n) is 4.04. The van der Waals surface area contributed by atoms with Gasteiger partial charge in [-0.05, 0) is 65.2 Å². The number of amides is 2. The molecule has 144 valence electrons. The number of piperazine rings is 1. The Kier molecular flexibility index (Phi) is 6.39.